The number of aliphatic hydroxyl groups is 1. The number of carboxylic acids is 1. The van der Waals surface area contributed by atoms with Gasteiger partial charge >= 0.3 is 13.1 Å². The van der Waals surface area contributed by atoms with E-state index in [4.69, 9.17) is 14.1 Å². The zero-order valence-electron chi connectivity index (χ0n) is 26.4. The normalized spacial score (nSPS) is 39.8. The van der Waals surface area contributed by atoms with Crippen molar-refractivity contribution in [2.45, 2.75) is 85.0 Å². The zero-order valence-corrected chi connectivity index (χ0v) is 26.4. The molecular weight excluding hydrogens is 568 g/mol. The molecule has 6 rings (SSSR count). The van der Waals surface area contributed by atoms with Crippen LogP contribution in [0.4, 0.5) is 4.39 Å². The van der Waals surface area contributed by atoms with Crippen molar-refractivity contribution in [3.8, 4) is 5.75 Å². The van der Waals surface area contributed by atoms with Crippen molar-refractivity contribution in [3.05, 3.63) is 23.5 Å². The number of carbonyl (C=O) groups excluding carboxylic acids is 1. The van der Waals surface area contributed by atoms with Crippen molar-refractivity contribution in [2.24, 2.45) is 39.9 Å². The van der Waals surface area contributed by atoms with Crippen LogP contribution in [0.1, 0.15) is 71.8 Å². The van der Waals surface area contributed by atoms with E-state index in [1.165, 1.54) is 6.07 Å². The monoisotopic (exact) mass is 615 g/mol. The third-order valence-corrected chi connectivity index (χ3v) is 12.9. The summed E-state index contributed by atoms with van der Waals surface area (Å²) in [6, 6.07) is 3.00. The molecule has 242 valence electrons. The Kier molecular flexibility index (Phi) is 8.44. The summed E-state index contributed by atoms with van der Waals surface area (Å²) in [7, 11) is -1.45. The van der Waals surface area contributed by atoms with Gasteiger partial charge in [-0.2, -0.15) is 0 Å². The minimum atomic E-state index is -1.48. The molecule has 11 heteroatoms. The molecule has 9 atom stereocenters. The van der Waals surface area contributed by atoms with Gasteiger partial charge < -0.3 is 29.4 Å². The molecule has 0 spiro atoms. The lowest BCUT2D eigenvalue weighted by molar-refractivity contribution is -0.200. The van der Waals surface area contributed by atoms with Gasteiger partial charge in [0, 0.05) is 36.8 Å². The third-order valence-electron chi connectivity index (χ3n) is 12.9. The van der Waals surface area contributed by atoms with Crippen LogP contribution in [0.5, 0.6) is 5.75 Å². The fraction of sp³-hybridized carbons (Fsp3) is 0.758. The number of aliphatic hydroxyl groups excluding tert-OH is 1. The predicted molar refractivity (Wildman–Crippen MR) is 161 cm³/mol. The van der Waals surface area contributed by atoms with Crippen LogP contribution in [-0.4, -0.2) is 84.1 Å². The molecule has 1 aromatic rings. The summed E-state index contributed by atoms with van der Waals surface area (Å²) in [5.74, 6) is -3.47. The lowest BCUT2D eigenvalue weighted by atomic mass is 9.41. The third kappa shape index (κ3) is 4.92. The first-order chi connectivity index (χ1) is 20.8. The Morgan fingerprint density at radius 1 is 1.23 bits per heavy atom. The Hall–Kier alpha value is -2.05. The molecule has 3 aliphatic carbocycles. The van der Waals surface area contributed by atoms with Gasteiger partial charge in [0.05, 0.1) is 25.9 Å². The summed E-state index contributed by atoms with van der Waals surface area (Å²) in [4.78, 5) is 29.5. The number of morpholine rings is 1. The van der Waals surface area contributed by atoms with E-state index in [0.29, 0.717) is 44.5 Å². The second-order valence-corrected chi connectivity index (χ2v) is 14.8. The molecule has 5 aliphatic rings. The Morgan fingerprint density at radius 3 is 2.66 bits per heavy atom. The molecule has 4 fully saturated rings. The van der Waals surface area contributed by atoms with E-state index in [9.17, 15) is 24.8 Å². The maximum absolute atomic E-state index is 15.8. The molecule has 3 N–H and O–H groups in total. The molecule has 1 aromatic carbocycles. The molecule has 2 heterocycles. The van der Waals surface area contributed by atoms with Gasteiger partial charge in [0.15, 0.2) is 17.7 Å². The van der Waals surface area contributed by atoms with Crippen molar-refractivity contribution in [2.75, 3.05) is 32.8 Å². The summed E-state index contributed by atoms with van der Waals surface area (Å²) in [6.45, 7) is 12.0. The standard InChI is InChI=1S/C33H47BFNO8/c1-19-7-9-33-10-8-23(37)28(33)32(19,4)22(17-31(3,29(38)20(33)2)11-12-36-13-15-42-16-14-36)27(30(39)40)44-24-6-5-21-18-43-34(41)25(21)26(24)35/h5-6,19-20,22,27-29,38,41H,7-18H2,1-4H3,(H,39,40)/t19-,20+,22+,27?,28+,29+,31+,32-,33+/m1/s1. The van der Waals surface area contributed by atoms with Crippen LogP contribution < -0.4 is 10.2 Å². The number of hydrogen-bond donors (Lipinski definition) is 3. The first-order valence-corrected chi connectivity index (χ1v) is 16.3. The molecule has 0 amide bonds. The SMILES string of the molecule is C[C@@H]1CC[C@@]23CCC(=O)[C@H]2[C@@]1(C)[C@H](C(Oc1ccc2c(c1F)B(O)OC2)C(=O)O)C[C@](C)(CCN1CCOCC1)[C@@H](O)[C@@H]3C. The van der Waals surface area contributed by atoms with E-state index >= 15 is 4.39 Å². The number of aliphatic carboxylic acids is 1. The van der Waals surface area contributed by atoms with Crippen LogP contribution in [0.3, 0.4) is 0 Å². The number of ether oxygens (including phenoxy) is 2. The molecular formula is C33H47BFNO8. The van der Waals surface area contributed by atoms with Gasteiger partial charge in [0.2, 0.25) is 0 Å². The van der Waals surface area contributed by atoms with Gasteiger partial charge in [-0.15, -0.1) is 0 Å². The van der Waals surface area contributed by atoms with E-state index in [0.717, 1.165) is 32.5 Å². The Labute approximate surface area is 259 Å². The van der Waals surface area contributed by atoms with E-state index in [1.807, 2.05) is 0 Å². The smallest absolute Gasteiger partial charge is 0.478 e. The Bertz CT molecular complexity index is 1290. The summed E-state index contributed by atoms with van der Waals surface area (Å²) < 4.78 is 32.7. The maximum atomic E-state index is 15.8. The minimum Gasteiger partial charge on any atom is -0.478 e. The van der Waals surface area contributed by atoms with Crippen LogP contribution >= 0.6 is 0 Å². The van der Waals surface area contributed by atoms with Crippen molar-refractivity contribution in [1.29, 1.82) is 0 Å². The number of benzene rings is 1. The van der Waals surface area contributed by atoms with Crippen LogP contribution in [0.15, 0.2) is 12.1 Å². The van der Waals surface area contributed by atoms with E-state index in [2.05, 4.69) is 32.6 Å². The Balaban J connectivity index is 1.45. The first-order valence-electron chi connectivity index (χ1n) is 16.3. The summed E-state index contributed by atoms with van der Waals surface area (Å²) in [5, 5.41) is 33.4. The lowest BCUT2D eigenvalue weighted by Gasteiger charge is -2.63. The van der Waals surface area contributed by atoms with Gasteiger partial charge in [-0.25, -0.2) is 9.18 Å². The predicted octanol–water partition coefficient (Wildman–Crippen LogP) is 3.02. The van der Waals surface area contributed by atoms with E-state index in [1.54, 1.807) is 6.07 Å². The van der Waals surface area contributed by atoms with Crippen LogP contribution in [0.25, 0.3) is 0 Å². The summed E-state index contributed by atoms with van der Waals surface area (Å²) >= 11 is 0. The van der Waals surface area contributed by atoms with Crippen LogP contribution in [0, 0.1) is 45.7 Å². The number of halogens is 1. The second kappa shape index (κ2) is 11.6. The van der Waals surface area contributed by atoms with E-state index < -0.39 is 59.2 Å². The maximum Gasteiger partial charge on any atom is 0.494 e. The van der Waals surface area contributed by atoms with Crippen molar-refractivity contribution >= 4 is 24.3 Å². The number of ketones is 1. The number of nitrogens with zero attached hydrogens (tertiary/aromatic N) is 1. The highest BCUT2D eigenvalue weighted by molar-refractivity contribution is 6.61. The fourth-order valence-electron chi connectivity index (χ4n) is 10.1. The molecule has 9 nitrogen and oxygen atoms in total. The molecule has 3 saturated carbocycles. The highest BCUT2D eigenvalue weighted by atomic mass is 19.1. The highest BCUT2D eigenvalue weighted by Crippen LogP contribution is 2.69. The molecule has 2 bridgehead atoms. The van der Waals surface area contributed by atoms with Crippen molar-refractivity contribution in [1.82, 2.24) is 4.90 Å². The number of Topliss-reactive ketones (excluding diaryl/α,β-unsaturated/α-hetero) is 1. The van der Waals surface area contributed by atoms with Crippen LogP contribution in [0.2, 0.25) is 0 Å². The van der Waals surface area contributed by atoms with Gasteiger partial charge in [-0.1, -0.05) is 33.8 Å². The highest BCUT2D eigenvalue weighted by Gasteiger charge is 2.69. The number of carbonyl (C=O) groups is 2. The number of carboxylic acid groups (broad SMARTS) is 1. The number of hydrogen-bond acceptors (Lipinski definition) is 8. The number of fused-ring (bicyclic) bond motifs is 1. The van der Waals surface area contributed by atoms with Gasteiger partial charge in [0.25, 0.3) is 0 Å². The zero-order chi connectivity index (χ0) is 31.6. The second-order valence-electron chi connectivity index (χ2n) is 14.8. The van der Waals surface area contributed by atoms with Crippen molar-refractivity contribution < 1.29 is 43.3 Å². The Morgan fingerprint density at radius 2 is 1.95 bits per heavy atom. The minimum absolute atomic E-state index is 0.00384. The number of rotatable bonds is 7. The first kappa shape index (κ1) is 31.9. The van der Waals surface area contributed by atoms with Gasteiger partial charge in [0.1, 0.15) is 5.78 Å². The van der Waals surface area contributed by atoms with Crippen LogP contribution in [-0.2, 0) is 25.6 Å². The van der Waals surface area contributed by atoms with Gasteiger partial charge in [-0.05, 0) is 78.4 Å². The average molecular weight is 616 g/mol. The fourth-order valence-corrected chi connectivity index (χ4v) is 10.1. The molecule has 44 heavy (non-hydrogen) atoms. The summed E-state index contributed by atoms with van der Waals surface area (Å²) in [5.41, 5.74) is -1.45. The largest absolute Gasteiger partial charge is 0.494 e. The molecule has 1 saturated heterocycles. The van der Waals surface area contributed by atoms with Crippen molar-refractivity contribution in [3.63, 3.8) is 0 Å². The topological polar surface area (TPSA) is 126 Å². The average Bonchev–Trinajstić information content (AvgIpc) is 3.56. The quantitative estimate of drug-likeness (QED) is 0.397. The molecule has 2 aliphatic heterocycles. The summed E-state index contributed by atoms with van der Waals surface area (Å²) in [6.07, 6.45) is 1.40. The lowest BCUT2D eigenvalue weighted by Crippen LogP contribution is -2.64. The van der Waals surface area contributed by atoms with Gasteiger partial charge in [-0.3, -0.25) is 9.69 Å². The van der Waals surface area contributed by atoms with E-state index in [-0.39, 0.29) is 35.4 Å². The molecule has 1 unspecified atom stereocenters. The molecule has 0 radical (unpaired) electrons. The molecule has 0 aromatic heterocycles.